The van der Waals surface area contributed by atoms with Crippen molar-refractivity contribution in [2.45, 2.75) is 13.8 Å². The van der Waals surface area contributed by atoms with E-state index in [0.29, 0.717) is 11.1 Å². The van der Waals surface area contributed by atoms with Gasteiger partial charge in [-0.25, -0.2) is 9.48 Å². The first-order valence-corrected chi connectivity index (χ1v) is 6.58. The zero-order valence-corrected chi connectivity index (χ0v) is 12.5. The van der Waals surface area contributed by atoms with Crippen LogP contribution >= 0.6 is 12.6 Å². The fourth-order valence-corrected chi connectivity index (χ4v) is 1.67. The molecule has 0 amide bonds. The van der Waals surface area contributed by atoms with E-state index in [2.05, 4.69) is 33.6 Å². The van der Waals surface area contributed by atoms with Gasteiger partial charge in [0.05, 0.1) is 23.9 Å². The van der Waals surface area contributed by atoms with Crippen LogP contribution in [-0.4, -0.2) is 22.9 Å². The van der Waals surface area contributed by atoms with Gasteiger partial charge in [0, 0.05) is 12.4 Å². The van der Waals surface area contributed by atoms with Crippen molar-refractivity contribution < 1.29 is 9.53 Å². The van der Waals surface area contributed by atoms with Gasteiger partial charge >= 0.3 is 5.97 Å². The maximum Gasteiger partial charge on any atom is 0.337 e. The van der Waals surface area contributed by atoms with Gasteiger partial charge in [0.1, 0.15) is 0 Å². The molecule has 0 aliphatic rings. The molecule has 0 fully saturated rings. The predicted molar refractivity (Wildman–Crippen MR) is 82.1 cm³/mol. The van der Waals surface area contributed by atoms with Crippen molar-refractivity contribution in [2.75, 3.05) is 7.11 Å². The quantitative estimate of drug-likeness (QED) is 0.525. The molecule has 0 N–H and O–H groups in total. The van der Waals surface area contributed by atoms with Crippen molar-refractivity contribution in [1.82, 2.24) is 9.78 Å². The number of ether oxygens (including phenoxy) is 1. The summed E-state index contributed by atoms with van der Waals surface area (Å²) in [6.45, 7) is 4.00. The van der Waals surface area contributed by atoms with E-state index in [1.54, 1.807) is 35.3 Å². The molecule has 2 aromatic rings. The Hall–Kier alpha value is -2.19. The Morgan fingerprint density at radius 3 is 2.70 bits per heavy atom. The molecule has 104 valence electrons. The second kappa shape index (κ2) is 8.08. The number of methoxy groups -OCH3 is 1. The van der Waals surface area contributed by atoms with Crippen LogP contribution in [0.3, 0.4) is 0 Å². The summed E-state index contributed by atoms with van der Waals surface area (Å²) in [5, 5.41) is 6.65. The van der Waals surface area contributed by atoms with Crippen molar-refractivity contribution in [3.8, 4) is 16.9 Å². The van der Waals surface area contributed by atoms with Gasteiger partial charge in [-0.05, 0) is 29.5 Å². The minimum atomic E-state index is -0.399. The highest BCUT2D eigenvalue weighted by atomic mass is 32.1. The monoisotopic (exact) mass is 288 g/mol. The van der Waals surface area contributed by atoms with Crippen LogP contribution in [0.4, 0.5) is 0 Å². The zero-order chi connectivity index (χ0) is 15.0. The van der Waals surface area contributed by atoms with Crippen molar-refractivity contribution >= 4 is 18.6 Å². The second-order valence-electron chi connectivity index (χ2n) is 3.41. The normalized spacial score (nSPS) is 8.80. The minimum absolute atomic E-state index is 0.399. The highest BCUT2D eigenvalue weighted by Gasteiger charge is 2.10. The molecule has 0 aliphatic carbocycles. The maximum absolute atomic E-state index is 11.5. The van der Waals surface area contributed by atoms with Crippen LogP contribution in [0.15, 0.2) is 36.7 Å². The fourth-order valence-electron chi connectivity index (χ4n) is 1.55. The Morgan fingerprint density at radius 1 is 1.40 bits per heavy atom. The van der Waals surface area contributed by atoms with E-state index in [1.165, 1.54) is 7.11 Å². The molecule has 1 heterocycles. The standard InChI is InChI=1S/C13H10N2O2S.C2H6/c1-17-13(16)11-3-4-12(10(9-11)5-8-18)15-7-2-6-14-15;1-2/h2-4,6-7,9,18H,1H3;1-2H3. The van der Waals surface area contributed by atoms with Crippen LogP contribution in [0.5, 0.6) is 0 Å². The number of hydrogen-bond donors (Lipinski definition) is 1. The number of esters is 1. The first-order chi connectivity index (χ1) is 9.76. The van der Waals surface area contributed by atoms with Gasteiger partial charge in [-0.3, -0.25) is 0 Å². The van der Waals surface area contributed by atoms with Crippen molar-refractivity contribution in [2.24, 2.45) is 0 Å². The Labute approximate surface area is 124 Å². The maximum atomic E-state index is 11.5. The second-order valence-corrected chi connectivity index (χ2v) is 3.63. The van der Waals surface area contributed by atoms with Crippen molar-refractivity contribution in [3.63, 3.8) is 0 Å². The van der Waals surface area contributed by atoms with E-state index in [9.17, 15) is 4.79 Å². The summed E-state index contributed by atoms with van der Waals surface area (Å²) < 4.78 is 6.35. The minimum Gasteiger partial charge on any atom is -0.465 e. The Morgan fingerprint density at radius 2 is 2.15 bits per heavy atom. The van der Waals surface area contributed by atoms with Gasteiger partial charge in [0.25, 0.3) is 0 Å². The largest absolute Gasteiger partial charge is 0.465 e. The van der Waals surface area contributed by atoms with Gasteiger partial charge < -0.3 is 4.74 Å². The number of rotatable bonds is 2. The number of benzene rings is 1. The third-order valence-corrected chi connectivity index (χ3v) is 2.47. The molecule has 0 atom stereocenters. The first-order valence-electron chi connectivity index (χ1n) is 6.13. The van der Waals surface area contributed by atoms with Crippen molar-refractivity contribution in [1.29, 1.82) is 0 Å². The third kappa shape index (κ3) is 3.65. The van der Waals surface area contributed by atoms with E-state index in [4.69, 9.17) is 0 Å². The zero-order valence-electron chi connectivity index (χ0n) is 11.6. The van der Waals surface area contributed by atoms with Crippen molar-refractivity contribution in [3.05, 3.63) is 47.8 Å². The van der Waals surface area contributed by atoms with Crippen LogP contribution in [0, 0.1) is 11.2 Å². The van der Waals surface area contributed by atoms with E-state index >= 15 is 0 Å². The molecule has 0 saturated carbocycles. The summed E-state index contributed by atoms with van der Waals surface area (Å²) in [4.78, 5) is 11.5. The van der Waals surface area contributed by atoms with Crippen LogP contribution in [0.1, 0.15) is 29.8 Å². The molecule has 20 heavy (non-hydrogen) atoms. The molecule has 0 aliphatic heterocycles. The topological polar surface area (TPSA) is 44.1 Å². The summed E-state index contributed by atoms with van der Waals surface area (Å²) in [6, 6.07) is 6.91. The summed E-state index contributed by atoms with van der Waals surface area (Å²) in [5.41, 5.74) is 1.89. The van der Waals surface area contributed by atoms with Crippen LogP contribution < -0.4 is 0 Å². The molecule has 5 heteroatoms. The molecule has 4 nitrogen and oxygen atoms in total. The first kappa shape index (κ1) is 15.9. The fraction of sp³-hybridized carbons (Fsp3) is 0.200. The Balaban J connectivity index is 0.000000956. The molecular formula is C15H16N2O2S. The molecule has 0 radical (unpaired) electrons. The van der Waals surface area contributed by atoms with Gasteiger partial charge in [0.15, 0.2) is 0 Å². The smallest absolute Gasteiger partial charge is 0.337 e. The summed E-state index contributed by atoms with van der Waals surface area (Å²) in [7, 11) is 1.34. The number of carbonyl (C=O) groups excluding carboxylic acids is 1. The third-order valence-electron chi connectivity index (χ3n) is 2.36. The van der Waals surface area contributed by atoms with Crippen LogP contribution in [0.25, 0.3) is 5.69 Å². The van der Waals surface area contributed by atoms with Gasteiger partial charge in [-0.2, -0.15) is 5.10 Å². The SMILES string of the molecule is CC.COC(=O)c1ccc(-n2cccn2)c(C#CS)c1. The molecule has 0 bridgehead atoms. The number of thiol groups is 1. The lowest BCUT2D eigenvalue weighted by Crippen LogP contribution is -2.04. The Bertz CT molecular complexity index is 625. The van der Waals surface area contributed by atoms with Crippen LogP contribution in [-0.2, 0) is 4.74 Å². The number of carbonyl (C=O) groups is 1. The molecule has 2 rings (SSSR count). The average molecular weight is 288 g/mol. The van der Waals surface area contributed by atoms with E-state index < -0.39 is 5.97 Å². The number of hydrogen-bond acceptors (Lipinski definition) is 4. The molecular weight excluding hydrogens is 272 g/mol. The molecule has 0 unspecified atom stereocenters. The lowest BCUT2D eigenvalue weighted by atomic mass is 10.1. The summed E-state index contributed by atoms with van der Waals surface area (Å²) in [6.07, 6.45) is 3.48. The van der Waals surface area contributed by atoms with Gasteiger partial charge in [0.2, 0.25) is 0 Å². The van der Waals surface area contributed by atoms with E-state index in [1.807, 2.05) is 19.9 Å². The van der Waals surface area contributed by atoms with Crippen LogP contribution in [0.2, 0.25) is 0 Å². The Kier molecular flexibility index (Phi) is 6.41. The lowest BCUT2D eigenvalue weighted by molar-refractivity contribution is 0.0600. The summed E-state index contributed by atoms with van der Waals surface area (Å²) >= 11 is 3.88. The molecule has 0 saturated heterocycles. The number of nitrogens with zero attached hydrogens (tertiary/aromatic N) is 2. The predicted octanol–water partition coefficient (Wildman–Crippen LogP) is 2.92. The molecule has 1 aromatic heterocycles. The lowest BCUT2D eigenvalue weighted by Gasteiger charge is -2.06. The highest BCUT2D eigenvalue weighted by molar-refractivity contribution is 7.85. The number of aromatic nitrogens is 2. The van der Waals surface area contributed by atoms with Gasteiger partial charge in [-0.1, -0.05) is 32.4 Å². The van der Waals surface area contributed by atoms with Gasteiger partial charge in [-0.15, -0.1) is 0 Å². The molecule has 0 spiro atoms. The van der Waals surface area contributed by atoms with E-state index in [0.717, 1.165) is 5.69 Å². The average Bonchev–Trinajstić information content (AvgIpc) is 3.03. The molecule has 1 aromatic carbocycles. The highest BCUT2D eigenvalue weighted by Crippen LogP contribution is 2.16. The van der Waals surface area contributed by atoms with E-state index in [-0.39, 0.29) is 0 Å². The summed E-state index contributed by atoms with van der Waals surface area (Å²) in [5.74, 6) is 2.43.